The number of hydrogen-bond acceptors (Lipinski definition) is 1. The molecule has 0 aromatic heterocycles. The van der Waals surface area contributed by atoms with Gasteiger partial charge in [0.15, 0.2) is 0 Å². The van der Waals surface area contributed by atoms with Crippen LogP contribution in [0.4, 0.5) is 20.6 Å². The van der Waals surface area contributed by atoms with E-state index in [2.05, 4.69) is 10.6 Å². The molecule has 0 saturated carbocycles. The van der Waals surface area contributed by atoms with Crippen LogP contribution in [0.25, 0.3) is 0 Å². The summed E-state index contributed by atoms with van der Waals surface area (Å²) in [6, 6.07) is 8.43. The van der Waals surface area contributed by atoms with E-state index in [1.807, 2.05) is 6.92 Å². The van der Waals surface area contributed by atoms with Crippen molar-refractivity contribution in [1.29, 1.82) is 0 Å². The van der Waals surface area contributed by atoms with Crippen LogP contribution in [-0.2, 0) is 0 Å². The molecule has 104 valence electrons. The second-order valence-electron chi connectivity index (χ2n) is 4.17. The minimum atomic E-state index is -0.578. The van der Waals surface area contributed by atoms with Crippen LogP contribution in [0.2, 0.25) is 10.0 Å². The summed E-state index contributed by atoms with van der Waals surface area (Å²) in [5.41, 5.74) is 1.42. The highest BCUT2D eigenvalue weighted by molar-refractivity contribution is 6.31. The summed E-state index contributed by atoms with van der Waals surface area (Å²) < 4.78 is 13.5. The lowest BCUT2D eigenvalue weighted by atomic mass is 10.2. The molecule has 0 fully saturated rings. The zero-order valence-corrected chi connectivity index (χ0v) is 12.0. The smallest absolute Gasteiger partial charge is 0.308 e. The number of anilines is 2. The summed E-state index contributed by atoms with van der Waals surface area (Å²) in [5.74, 6) is -0.563. The van der Waals surface area contributed by atoms with Gasteiger partial charge in [0.25, 0.3) is 0 Å². The van der Waals surface area contributed by atoms with E-state index in [0.717, 1.165) is 5.56 Å². The molecule has 0 aliphatic heterocycles. The zero-order valence-electron chi connectivity index (χ0n) is 10.5. The highest BCUT2D eigenvalue weighted by Gasteiger charge is 2.08. The van der Waals surface area contributed by atoms with E-state index in [4.69, 9.17) is 23.2 Å². The van der Waals surface area contributed by atoms with Gasteiger partial charge in [-0.3, -0.25) is 0 Å². The van der Waals surface area contributed by atoms with Gasteiger partial charge in [0, 0.05) is 15.7 Å². The Balaban J connectivity index is 2.09. The highest BCUT2D eigenvalue weighted by Crippen LogP contribution is 2.22. The quantitative estimate of drug-likeness (QED) is 0.797. The maximum Gasteiger partial charge on any atom is 0.323 e. The molecule has 0 saturated heterocycles. The van der Waals surface area contributed by atoms with Crippen molar-refractivity contribution in [2.45, 2.75) is 6.92 Å². The van der Waals surface area contributed by atoms with Gasteiger partial charge in [-0.1, -0.05) is 29.3 Å². The van der Waals surface area contributed by atoms with Crippen molar-refractivity contribution >= 4 is 40.6 Å². The van der Waals surface area contributed by atoms with Crippen LogP contribution in [0.15, 0.2) is 36.4 Å². The van der Waals surface area contributed by atoms with Gasteiger partial charge in [-0.25, -0.2) is 9.18 Å². The number of nitrogens with one attached hydrogen (secondary N) is 2. The molecule has 6 heteroatoms. The van der Waals surface area contributed by atoms with Crippen molar-refractivity contribution in [3.63, 3.8) is 0 Å². The number of amides is 2. The van der Waals surface area contributed by atoms with Gasteiger partial charge in [-0.15, -0.1) is 0 Å². The highest BCUT2D eigenvalue weighted by atomic mass is 35.5. The Morgan fingerprint density at radius 3 is 2.55 bits per heavy atom. The summed E-state index contributed by atoms with van der Waals surface area (Å²) in [6.45, 7) is 1.85. The standard InChI is InChI=1S/C14H11Cl2FN2O/c1-8-2-4-10(7-11(8)16)18-14(20)19-13-6-9(15)3-5-12(13)17/h2-7H,1H3,(H2,18,19,20). The number of halogens is 3. The molecule has 0 aliphatic rings. The van der Waals surface area contributed by atoms with Crippen molar-refractivity contribution in [3.8, 4) is 0 Å². The monoisotopic (exact) mass is 312 g/mol. The fourth-order valence-electron chi connectivity index (χ4n) is 1.55. The summed E-state index contributed by atoms with van der Waals surface area (Å²) in [5, 5.41) is 5.81. The van der Waals surface area contributed by atoms with Gasteiger partial charge in [-0.05, 0) is 42.8 Å². The number of urea groups is 1. The molecule has 0 spiro atoms. The first-order valence-electron chi connectivity index (χ1n) is 5.75. The molecule has 0 aliphatic carbocycles. The fraction of sp³-hybridized carbons (Fsp3) is 0.0714. The largest absolute Gasteiger partial charge is 0.323 e. The second kappa shape index (κ2) is 6.11. The first-order chi connectivity index (χ1) is 9.45. The van der Waals surface area contributed by atoms with Crippen molar-refractivity contribution in [1.82, 2.24) is 0 Å². The molecule has 2 rings (SSSR count). The topological polar surface area (TPSA) is 41.1 Å². The molecule has 2 aromatic carbocycles. The third-order valence-corrected chi connectivity index (χ3v) is 3.25. The second-order valence-corrected chi connectivity index (χ2v) is 5.01. The molecule has 20 heavy (non-hydrogen) atoms. The number of benzene rings is 2. The fourth-order valence-corrected chi connectivity index (χ4v) is 1.90. The molecule has 2 N–H and O–H groups in total. The van der Waals surface area contributed by atoms with Crippen LogP contribution in [-0.4, -0.2) is 6.03 Å². The van der Waals surface area contributed by atoms with Gasteiger partial charge in [0.1, 0.15) is 5.82 Å². The number of rotatable bonds is 2. The van der Waals surface area contributed by atoms with Crippen molar-refractivity contribution in [2.75, 3.05) is 10.6 Å². The van der Waals surface area contributed by atoms with Gasteiger partial charge in [0.2, 0.25) is 0 Å². The Morgan fingerprint density at radius 1 is 1.10 bits per heavy atom. The third kappa shape index (κ3) is 3.62. The molecule has 2 amide bonds. The predicted molar refractivity (Wildman–Crippen MR) is 80.2 cm³/mol. The summed E-state index contributed by atoms with van der Waals surface area (Å²) in [7, 11) is 0. The Hall–Kier alpha value is -1.78. The molecular formula is C14H11Cl2FN2O. The Kier molecular flexibility index (Phi) is 4.47. The van der Waals surface area contributed by atoms with E-state index >= 15 is 0 Å². The molecule has 0 heterocycles. The predicted octanol–water partition coefficient (Wildman–Crippen LogP) is 5.08. The maximum atomic E-state index is 13.5. The van der Waals surface area contributed by atoms with Gasteiger partial charge < -0.3 is 10.6 Å². The van der Waals surface area contributed by atoms with Crippen molar-refractivity contribution in [3.05, 3.63) is 57.8 Å². The van der Waals surface area contributed by atoms with Crippen molar-refractivity contribution < 1.29 is 9.18 Å². The van der Waals surface area contributed by atoms with E-state index in [9.17, 15) is 9.18 Å². The summed E-state index contributed by atoms with van der Waals surface area (Å²) in [4.78, 5) is 11.8. The Labute approximate surface area is 125 Å². The van der Waals surface area contributed by atoms with E-state index < -0.39 is 11.8 Å². The minimum Gasteiger partial charge on any atom is -0.308 e. The number of hydrogen-bond donors (Lipinski definition) is 2. The maximum absolute atomic E-state index is 13.5. The Bertz CT molecular complexity index is 662. The van der Waals surface area contributed by atoms with E-state index in [-0.39, 0.29) is 5.69 Å². The van der Waals surface area contributed by atoms with Crippen LogP contribution in [0.3, 0.4) is 0 Å². The van der Waals surface area contributed by atoms with Crippen molar-refractivity contribution in [2.24, 2.45) is 0 Å². The third-order valence-electron chi connectivity index (χ3n) is 2.61. The van der Waals surface area contributed by atoms with Crippen LogP contribution in [0.1, 0.15) is 5.56 Å². The van der Waals surface area contributed by atoms with Crippen LogP contribution in [0, 0.1) is 12.7 Å². The first-order valence-corrected chi connectivity index (χ1v) is 6.50. The zero-order chi connectivity index (χ0) is 14.7. The van der Waals surface area contributed by atoms with E-state index in [0.29, 0.717) is 15.7 Å². The molecule has 2 aromatic rings. The lowest BCUT2D eigenvalue weighted by Gasteiger charge is -2.09. The lowest BCUT2D eigenvalue weighted by Crippen LogP contribution is -2.20. The first kappa shape index (κ1) is 14.6. The van der Waals surface area contributed by atoms with Gasteiger partial charge >= 0.3 is 6.03 Å². The number of aryl methyl sites for hydroxylation is 1. The van der Waals surface area contributed by atoms with Gasteiger partial charge in [0.05, 0.1) is 5.69 Å². The number of carbonyl (C=O) groups excluding carboxylic acids is 1. The molecule has 0 atom stereocenters. The summed E-state index contributed by atoms with van der Waals surface area (Å²) in [6.07, 6.45) is 0. The molecule has 0 unspecified atom stereocenters. The molecule has 0 bridgehead atoms. The Morgan fingerprint density at radius 2 is 1.85 bits per heavy atom. The molecule has 0 radical (unpaired) electrons. The van der Waals surface area contributed by atoms with E-state index in [1.165, 1.54) is 18.2 Å². The van der Waals surface area contributed by atoms with E-state index in [1.54, 1.807) is 18.2 Å². The average molecular weight is 313 g/mol. The SMILES string of the molecule is Cc1ccc(NC(=O)Nc2cc(Cl)ccc2F)cc1Cl. The minimum absolute atomic E-state index is 0.00760. The van der Waals surface area contributed by atoms with Crippen LogP contribution >= 0.6 is 23.2 Å². The average Bonchev–Trinajstić information content (AvgIpc) is 2.38. The summed E-state index contributed by atoms with van der Waals surface area (Å²) >= 11 is 11.7. The van der Waals surface area contributed by atoms with Crippen LogP contribution in [0.5, 0.6) is 0 Å². The lowest BCUT2D eigenvalue weighted by molar-refractivity contribution is 0.262. The van der Waals surface area contributed by atoms with Crippen LogP contribution < -0.4 is 10.6 Å². The normalized spacial score (nSPS) is 10.2. The number of carbonyl (C=O) groups is 1. The molecule has 3 nitrogen and oxygen atoms in total. The molecular weight excluding hydrogens is 302 g/mol. The van der Waals surface area contributed by atoms with Gasteiger partial charge in [-0.2, -0.15) is 0 Å².